The van der Waals surface area contributed by atoms with Crippen molar-refractivity contribution in [3.63, 3.8) is 0 Å². The van der Waals surface area contributed by atoms with Crippen LogP contribution in [0.1, 0.15) is 46.4 Å². The maximum atomic E-state index is 13.4. The minimum Gasteiger partial charge on any atom is -0.384 e. The van der Waals surface area contributed by atoms with Gasteiger partial charge in [0.15, 0.2) is 0 Å². The van der Waals surface area contributed by atoms with Gasteiger partial charge in [-0.1, -0.05) is 24.2 Å². The van der Waals surface area contributed by atoms with Gasteiger partial charge < -0.3 is 20.9 Å². The third-order valence-corrected chi connectivity index (χ3v) is 7.79. The first-order valence-electron chi connectivity index (χ1n) is 12.2. The first-order chi connectivity index (χ1) is 18.9. The predicted octanol–water partition coefficient (Wildman–Crippen LogP) is 3.71. The lowest BCUT2D eigenvalue weighted by atomic mass is 10.1. The summed E-state index contributed by atoms with van der Waals surface area (Å²) in [7, 11) is 0. The molecule has 39 heavy (non-hydrogen) atoms. The molecule has 0 fully saturated rings. The van der Waals surface area contributed by atoms with E-state index < -0.39 is 17.5 Å². The molecule has 0 saturated carbocycles. The van der Waals surface area contributed by atoms with E-state index in [2.05, 4.69) is 25.8 Å². The Morgan fingerprint density at radius 1 is 1.15 bits per heavy atom. The van der Waals surface area contributed by atoms with Gasteiger partial charge in [0.25, 0.3) is 11.5 Å². The molecular weight excluding hydrogens is 518 g/mol. The minimum absolute atomic E-state index is 0.00539. The molecule has 0 unspecified atom stereocenters. The number of carbonyl (C=O) groups is 2. The third-order valence-electron chi connectivity index (χ3n) is 6.69. The minimum atomic E-state index is -0.736. The number of nitrogens with two attached hydrogens (primary N) is 1. The van der Waals surface area contributed by atoms with Crippen LogP contribution >= 0.6 is 11.3 Å². The Morgan fingerprint density at radius 2 is 1.97 bits per heavy atom. The molecule has 0 aliphatic carbocycles. The largest absolute Gasteiger partial charge is 0.384 e. The molecule has 11 nitrogen and oxygen atoms in total. The first kappa shape index (κ1) is 24.5. The van der Waals surface area contributed by atoms with Crippen molar-refractivity contribution in [3.05, 3.63) is 87.7 Å². The van der Waals surface area contributed by atoms with Gasteiger partial charge in [-0.3, -0.25) is 19.0 Å². The van der Waals surface area contributed by atoms with Crippen LogP contribution in [-0.2, 0) is 11.3 Å². The van der Waals surface area contributed by atoms with Gasteiger partial charge in [-0.05, 0) is 30.7 Å². The number of benzene rings is 1. The van der Waals surface area contributed by atoms with Gasteiger partial charge in [-0.25, -0.2) is 9.97 Å². The van der Waals surface area contributed by atoms with E-state index in [1.165, 1.54) is 28.4 Å². The molecule has 0 spiro atoms. The van der Waals surface area contributed by atoms with Crippen molar-refractivity contribution in [2.75, 3.05) is 11.1 Å². The van der Waals surface area contributed by atoms with Crippen LogP contribution in [0, 0.1) is 0 Å². The number of thiophene rings is 1. The van der Waals surface area contributed by atoms with Crippen LogP contribution in [0.15, 0.2) is 70.4 Å². The number of rotatable bonds is 6. The standard InChI is InChI=1S/C27H23N7O4S/c1-14-8-21(26(36)31-12-18-9-17-11-29-23(28)10-22(17)39-18)34-24(14)30-13-20(27(34)37)32-25(35)16-4-2-15(3-5-16)19-6-7-38-33-19/h2-7,9-11,13-14,21H,8,12H2,1H3,(H2,28,29)(H,31,36)(H,32,35)/t14-,21+/m1/s1. The summed E-state index contributed by atoms with van der Waals surface area (Å²) < 4.78 is 7.23. The molecule has 0 bridgehead atoms. The van der Waals surface area contributed by atoms with Gasteiger partial charge in [0.2, 0.25) is 5.91 Å². The van der Waals surface area contributed by atoms with Crippen molar-refractivity contribution in [1.29, 1.82) is 0 Å². The highest BCUT2D eigenvalue weighted by molar-refractivity contribution is 7.19. The number of hydrogen-bond acceptors (Lipinski definition) is 9. The second kappa shape index (κ2) is 9.80. The zero-order valence-electron chi connectivity index (χ0n) is 20.7. The zero-order chi connectivity index (χ0) is 27.1. The van der Waals surface area contributed by atoms with E-state index in [1.54, 1.807) is 42.6 Å². The van der Waals surface area contributed by atoms with Gasteiger partial charge in [-0.2, -0.15) is 0 Å². The van der Waals surface area contributed by atoms with Crippen LogP contribution in [0.3, 0.4) is 0 Å². The Morgan fingerprint density at radius 3 is 2.74 bits per heavy atom. The molecule has 2 atom stereocenters. The van der Waals surface area contributed by atoms with Crippen molar-refractivity contribution in [1.82, 2.24) is 25.0 Å². The Bertz CT molecular complexity index is 1760. The van der Waals surface area contributed by atoms with E-state index in [-0.39, 0.29) is 17.5 Å². The quantitative estimate of drug-likeness (QED) is 0.293. The van der Waals surface area contributed by atoms with Crippen molar-refractivity contribution < 1.29 is 14.1 Å². The lowest BCUT2D eigenvalue weighted by Gasteiger charge is -2.15. The maximum Gasteiger partial charge on any atom is 0.278 e. The summed E-state index contributed by atoms with van der Waals surface area (Å²) in [6.07, 6.45) is 4.95. The number of nitrogens with one attached hydrogen (secondary N) is 2. The highest BCUT2D eigenvalue weighted by Crippen LogP contribution is 2.34. The van der Waals surface area contributed by atoms with E-state index >= 15 is 0 Å². The molecule has 6 rings (SSSR count). The van der Waals surface area contributed by atoms with E-state index in [1.807, 2.05) is 13.0 Å². The number of nitrogen functional groups attached to an aromatic ring is 1. The summed E-state index contributed by atoms with van der Waals surface area (Å²) in [5.74, 6) is 0.105. The number of nitrogens with zero attached hydrogens (tertiary/aromatic N) is 4. The average molecular weight is 542 g/mol. The highest BCUT2D eigenvalue weighted by atomic mass is 32.1. The lowest BCUT2D eigenvalue weighted by Crippen LogP contribution is -2.36. The topological polar surface area (TPSA) is 158 Å². The van der Waals surface area contributed by atoms with E-state index in [4.69, 9.17) is 10.3 Å². The monoisotopic (exact) mass is 541 g/mol. The van der Waals surface area contributed by atoms with Gasteiger partial charge >= 0.3 is 0 Å². The summed E-state index contributed by atoms with van der Waals surface area (Å²) in [5, 5.41) is 10.4. The molecule has 196 valence electrons. The maximum absolute atomic E-state index is 13.4. The molecule has 0 saturated heterocycles. The second-order valence-corrected chi connectivity index (χ2v) is 10.5. The normalized spacial score (nSPS) is 16.2. The molecule has 1 aliphatic heterocycles. The molecular formula is C27H23N7O4S. The van der Waals surface area contributed by atoms with E-state index in [0.717, 1.165) is 20.5 Å². The fourth-order valence-corrected chi connectivity index (χ4v) is 5.76. The number of fused-ring (bicyclic) bond motifs is 2. The molecule has 5 heterocycles. The summed E-state index contributed by atoms with van der Waals surface area (Å²) in [6.45, 7) is 2.23. The molecule has 1 aliphatic rings. The predicted molar refractivity (Wildman–Crippen MR) is 146 cm³/mol. The van der Waals surface area contributed by atoms with Gasteiger partial charge in [0, 0.05) is 44.3 Å². The molecule has 5 aromatic rings. The molecule has 4 N–H and O–H groups in total. The van der Waals surface area contributed by atoms with Crippen LogP contribution in [0.4, 0.5) is 11.5 Å². The summed E-state index contributed by atoms with van der Waals surface area (Å²) in [6, 6.07) is 11.5. The fraction of sp³-hybridized carbons (Fsp3) is 0.185. The third kappa shape index (κ3) is 4.66. The number of aromatic nitrogens is 4. The smallest absolute Gasteiger partial charge is 0.278 e. The average Bonchev–Trinajstić information content (AvgIpc) is 3.68. The lowest BCUT2D eigenvalue weighted by molar-refractivity contribution is -0.124. The zero-order valence-corrected chi connectivity index (χ0v) is 21.6. The van der Waals surface area contributed by atoms with Crippen LogP contribution < -0.4 is 21.9 Å². The SMILES string of the molecule is C[C@@H]1C[C@@H](C(=O)NCc2cc3cnc(N)cc3s2)n2c1ncc(NC(=O)c1ccc(-c3ccon3)cc1)c2=O. The van der Waals surface area contributed by atoms with Gasteiger partial charge in [0.05, 0.1) is 12.7 Å². The summed E-state index contributed by atoms with van der Waals surface area (Å²) >= 11 is 1.52. The van der Waals surface area contributed by atoms with Gasteiger partial charge in [0.1, 0.15) is 35.3 Å². The Labute approximate surface area is 225 Å². The van der Waals surface area contributed by atoms with Crippen LogP contribution in [-0.4, -0.2) is 31.5 Å². The van der Waals surface area contributed by atoms with Crippen LogP contribution in [0.5, 0.6) is 0 Å². The van der Waals surface area contributed by atoms with Crippen molar-refractivity contribution >= 4 is 44.7 Å². The number of pyridine rings is 1. The van der Waals surface area contributed by atoms with Crippen LogP contribution in [0.2, 0.25) is 0 Å². The molecule has 4 aromatic heterocycles. The molecule has 2 amide bonds. The van der Waals surface area contributed by atoms with Crippen LogP contribution in [0.25, 0.3) is 21.3 Å². The Balaban J connectivity index is 1.18. The number of carbonyl (C=O) groups excluding carboxylic acids is 2. The van der Waals surface area contributed by atoms with E-state index in [9.17, 15) is 14.4 Å². The first-order valence-corrected chi connectivity index (χ1v) is 13.0. The fourth-order valence-electron chi connectivity index (χ4n) is 4.73. The van der Waals surface area contributed by atoms with Crippen molar-refractivity contribution in [2.45, 2.75) is 31.8 Å². The second-order valence-electron chi connectivity index (χ2n) is 9.35. The van der Waals surface area contributed by atoms with Crippen molar-refractivity contribution in [3.8, 4) is 11.3 Å². The Kier molecular flexibility index (Phi) is 6.15. The molecule has 12 heteroatoms. The summed E-state index contributed by atoms with van der Waals surface area (Å²) in [4.78, 5) is 49.0. The Hall–Kier alpha value is -4.84. The van der Waals surface area contributed by atoms with E-state index in [0.29, 0.717) is 35.9 Å². The number of anilines is 2. The number of hydrogen-bond donors (Lipinski definition) is 3. The molecule has 1 aromatic carbocycles. The van der Waals surface area contributed by atoms with Gasteiger partial charge in [-0.15, -0.1) is 11.3 Å². The molecule has 0 radical (unpaired) electrons. The highest BCUT2D eigenvalue weighted by Gasteiger charge is 2.35. The summed E-state index contributed by atoms with van der Waals surface area (Å²) in [5.41, 5.74) is 7.10. The van der Waals surface area contributed by atoms with Crippen molar-refractivity contribution in [2.24, 2.45) is 0 Å². The number of amides is 2.